The van der Waals surface area contributed by atoms with Gasteiger partial charge in [-0.25, -0.2) is 0 Å². The third-order valence-electron chi connectivity index (χ3n) is 5.83. The fourth-order valence-corrected chi connectivity index (χ4v) is 4.67. The van der Waals surface area contributed by atoms with Crippen molar-refractivity contribution >= 4 is 40.6 Å². The monoisotopic (exact) mass is 468 g/mol. The van der Waals surface area contributed by atoms with Crippen LogP contribution in [0.2, 0.25) is 5.02 Å². The molecule has 2 N–H and O–H groups in total. The fraction of sp³-hybridized carbons (Fsp3) is 0.292. The molecule has 1 unspecified atom stereocenters. The molecule has 8 heteroatoms. The Morgan fingerprint density at radius 2 is 2.03 bits per heavy atom. The highest BCUT2D eigenvalue weighted by Crippen LogP contribution is 2.26. The molecule has 4 rings (SSSR count). The first kappa shape index (κ1) is 22.5. The van der Waals surface area contributed by atoms with Crippen molar-refractivity contribution in [2.45, 2.75) is 25.4 Å². The van der Waals surface area contributed by atoms with E-state index in [1.807, 2.05) is 24.3 Å². The predicted molar refractivity (Wildman–Crippen MR) is 131 cm³/mol. The van der Waals surface area contributed by atoms with E-state index in [4.69, 9.17) is 23.8 Å². The van der Waals surface area contributed by atoms with Crippen molar-refractivity contribution in [3.05, 3.63) is 86.4 Å². The average molecular weight is 469 g/mol. The zero-order valence-corrected chi connectivity index (χ0v) is 19.2. The highest BCUT2D eigenvalue weighted by atomic mass is 35.5. The van der Waals surface area contributed by atoms with Gasteiger partial charge in [-0.05, 0) is 74.0 Å². The number of halogens is 1. The second kappa shape index (κ2) is 9.81. The first-order valence-electron chi connectivity index (χ1n) is 10.6. The van der Waals surface area contributed by atoms with Crippen LogP contribution in [0.15, 0.2) is 59.9 Å². The highest BCUT2D eigenvalue weighted by Gasteiger charge is 2.24. The quantitative estimate of drug-likeness (QED) is 0.396. The minimum absolute atomic E-state index is 0.0533. The Balaban J connectivity index is 1.57. The molecule has 1 aliphatic heterocycles. The predicted octanol–water partition coefficient (Wildman–Crippen LogP) is 4.47. The molecule has 1 amide bonds. The molecule has 3 aromatic rings. The van der Waals surface area contributed by atoms with Gasteiger partial charge in [0.05, 0.1) is 16.9 Å². The third-order valence-corrected chi connectivity index (χ3v) is 6.38. The van der Waals surface area contributed by atoms with Gasteiger partial charge in [0.2, 0.25) is 0 Å². The van der Waals surface area contributed by atoms with E-state index < -0.39 is 0 Å². The maximum absolute atomic E-state index is 13.0. The van der Waals surface area contributed by atoms with Gasteiger partial charge in [-0.3, -0.25) is 19.1 Å². The molecule has 0 aliphatic carbocycles. The summed E-state index contributed by atoms with van der Waals surface area (Å²) in [6.07, 6.45) is 3.92. The van der Waals surface area contributed by atoms with E-state index in [9.17, 15) is 9.59 Å². The number of hydrogen-bond donors (Lipinski definition) is 2. The van der Waals surface area contributed by atoms with Gasteiger partial charge in [0.1, 0.15) is 0 Å². The molecule has 1 aromatic heterocycles. The van der Waals surface area contributed by atoms with E-state index in [0.717, 1.165) is 31.5 Å². The van der Waals surface area contributed by atoms with Crippen LogP contribution in [-0.4, -0.2) is 40.0 Å². The Morgan fingerprint density at radius 3 is 2.75 bits per heavy atom. The topological polar surface area (TPSA) is 70.1 Å². The lowest BCUT2D eigenvalue weighted by molar-refractivity contribution is 0.0938. The van der Waals surface area contributed by atoms with E-state index in [1.165, 1.54) is 4.57 Å². The smallest absolute Gasteiger partial charge is 0.262 e. The third kappa shape index (κ3) is 4.70. The normalized spacial score (nSPS) is 15.0. The molecule has 0 spiro atoms. The molecule has 0 saturated carbocycles. The van der Waals surface area contributed by atoms with Gasteiger partial charge in [-0.2, -0.15) is 0 Å². The van der Waals surface area contributed by atoms with E-state index in [-0.39, 0.29) is 17.5 Å². The number of nitrogens with one attached hydrogen (secondary N) is 2. The van der Waals surface area contributed by atoms with Gasteiger partial charge in [0.25, 0.3) is 11.5 Å². The summed E-state index contributed by atoms with van der Waals surface area (Å²) in [5.74, 6) is -0.201. The van der Waals surface area contributed by atoms with Gasteiger partial charge in [0.15, 0.2) is 4.77 Å². The number of carbonyl (C=O) groups is 1. The number of aromatic nitrogens is 2. The number of nitrogens with zero attached hydrogens (tertiary/aromatic N) is 2. The Morgan fingerprint density at radius 1 is 1.25 bits per heavy atom. The zero-order valence-electron chi connectivity index (χ0n) is 17.6. The van der Waals surface area contributed by atoms with Crippen LogP contribution < -0.4 is 10.9 Å². The Labute approximate surface area is 196 Å². The lowest BCUT2D eigenvalue weighted by Gasteiger charge is -2.28. The van der Waals surface area contributed by atoms with Crippen molar-refractivity contribution in [2.24, 2.45) is 0 Å². The number of rotatable bonds is 7. The molecule has 1 aliphatic rings. The molecule has 1 fully saturated rings. The van der Waals surface area contributed by atoms with Crippen molar-refractivity contribution in [2.75, 3.05) is 19.6 Å². The first-order valence-corrected chi connectivity index (χ1v) is 11.4. The summed E-state index contributed by atoms with van der Waals surface area (Å²) in [5, 5.41) is 4.22. The molecule has 166 valence electrons. The van der Waals surface area contributed by atoms with Crippen LogP contribution in [0.4, 0.5) is 0 Å². The van der Waals surface area contributed by atoms with Crippen molar-refractivity contribution in [3.8, 4) is 0 Å². The standard InChI is InChI=1S/C24H25ClN4O2S/c1-2-10-29-23(31)19-9-8-17(14-20(19)27-24(29)32)22(30)26-15-21(28-11-3-4-12-28)16-6-5-7-18(25)13-16/h2,5-9,13-14,21H,1,3-4,10-12,15H2,(H,26,30)(H,27,32). The number of carbonyl (C=O) groups excluding carboxylic acids is 1. The lowest BCUT2D eigenvalue weighted by Crippen LogP contribution is -2.36. The highest BCUT2D eigenvalue weighted by molar-refractivity contribution is 7.71. The summed E-state index contributed by atoms with van der Waals surface area (Å²) < 4.78 is 1.74. The Bertz CT molecular complexity index is 1280. The minimum atomic E-state index is -0.203. The van der Waals surface area contributed by atoms with Gasteiger partial charge in [-0.15, -0.1) is 6.58 Å². The molecule has 2 aromatic carbocycles. The number of allylic oxidation sites excluding steroid dienone is 1. The molecule has 1 saturated heterocycles. The molecular weight excluding hydrogens is 444 g/mol. The minimum Gasteiger partial charge on any atom is -0.350 e. The SMILES string of the molecule is C=CCn1c(=S)[nH]c2cc(C(=O)NCC(c3cccc(Cl)c3)N3CCCC3)ccc2c1=O. The van der Waals surface area contributed by atoms with Gasteiger partial charge < -0.3 is 10.3 Å². The largest absolute Gasteiger partial charge is 0.350 e. The molecule has 2 heterocycles. The molecule has 32 heavy (non-hydrogen) atoms. The summed E-state index contributed by atoms with van der Waals surface area (Å²) in [7, 11) is 0. The zero-order chi connectivity index (χ0) is 22.7. The molecule has 1 atom stereocenters. The molecule has 6 nitrogen and oxygen atoms in total. The molecular formula is C24H25ClN4O2S. The maximum atomic E-state index is 13.0. The van der Waals surface area contributed by atoms with Crippen LogP contribution in [0, 0.1) is 4.77 Å². The van der Waals surface area contributed by atoms with Crippen molar-refractivity contribution in [3.63, 3.8) is 0 Å². The van der Waals surface area contributed by atoms with E-state index in [1.54, 1.807) is 24.3 Å². The van der Waals surface area contributed by atoms with Crippen LogP contribution in [-0.2, 0) is 6.54 Å². The number of H-pyrrole nitrogens is 1. The molecule has 0 radical (unpaired) electrons. The van der Waals surface area contributed by atoms with Crippen LogP contribution >= 0.6 is 23.8 Å². The summed E-state index contributed by atoms with van der Waals surface area (Å²) in [5.41, 5.74) is 1.89. The van der Waals surface area contributed by atoms with Gasteiger partial charge in [-0.1, -0.05) is 29.8 Å². The second-order valence-corrected chi connectivity index (χ2v) is 8.74. The Hall–Kier alpha value is -2.74. The molecule has 0 bridgehead atoms. The van der Waals surface area contributed by atoms with Crippen LogP contribution in [0.25, 0.3) is 10.9 Å². The summed E-state index contributed by atoms with van der Waals surface area (Å²) in [6, 6.07) is 12.8. The van der Waals surface area contributed by atoms with E-state index in [0.29, 0.717) is 39.3 Å². The maximum Gasteiger partial charge on any atom is 0.262 e. The summed E-state index contributed by atoms with van der Waals surface area (Å²) in [6.45, 7) is 6.45. The van der Waals surface area contributed by atoms with Crippen molar-refractivity contribution in [1.82, 2.24) is 19.8 Å². The van der Waals surface area contributed by atoms with Gasteiger partial charge in [0, 0.05) is 23.7 Å². The van der Waals surface area contributed by atoms with Crippen LogP contribution in [0.3, 0.4) is 0 Å². The van der Waals surface area contributed by atoms with E-state index >= 15 is 0 Å². The second-order valence-electron chi connectivity index (χ2n) is 7.92. The lowest BCUT2D eigenvalue weighted by atomic mass is 10.0. The average Bonchev–Trinajstić information content (AvgIpc) is 3.31. The number of likely N-dealkylation sites (tertiary alicyclic amines) is 1. The Kier molecular flexibility index (Phi) is 6.89. The number of benzene rings is 2. The fourth-order valence-electron chi connectivity index (χ4n) is 4.21. The van der Waals surface area contributed by atoms with Crippen LogP contribution in [0.1, 0.15) is 34.8 Å². The van der Waals surface area contributed by atoms with Crippen LogP contribution in [0.5, 0.6) is 0 Å². The number of hydrogen-bond acceptors (Lipinski definition) is 4. The first-order chi connectivity index (χ1) is 15.5. The number of amides is 1. The van der Waals surface area contributed by atoms with Crippen molar-refractivity contribution in [1.29, 1.82) is 0 Å². The van der Waals surface area contributed by atoms with Crippen molar-refractivity contribution < 1.29 is 4.79 Å². The van der Waals surface area contributed by atoms with E-state index in [2.05, 4.69) is 21.8 Å². The summed E-state index contributed by atoms with van der Waals surface area (Å²) >= 11 is 11.5. The summed E-state index contributed by atoms with van der Waals surface area (Å²) in [4.78, 5) is 31.1. The van der Waals surface area contributed by atoms with Gasteiger partial charge >= 0.3 is 0 Å². The number of fused-ring (bicyclic) bond motifs is 1. The number of aromatic amines is 1.